The second-order valence-corrected chi connectivity index (χ2v) is 3.19. The number of nitrogens with zero attached hydrogens (tertiary/aromatic N) is 2. The van der Waals surface area contributed by atoms with Crippen LogP contribution in [0.1, 0.15) is 0 Å². The van der Waals surface area contributed by atoms with E-state index in [2.05, 4.69) is 5.32 Å². The van der Waals surface area contributed by atoms with Crippen molar-refractivity contribution in [1.82, 2.24) is 15.1 Å². The van der Waals surface area contributed by atoms with Crippen molar-refractivity contribution in [2.24, 2.45) is 0 Å². The molecule has 0 aliphatic carbocycles. The summed E-state index contributed by atoms with van der Waals surface area (Å²) >= 11 is 0. The van der Waals surface area contributed by atoms with Gasteiger partial charge in [0.25, 0.3) is 0 Å². The third-order valence-corrected chi connectivity index (χ3v) is 1.91. The van der Waals surface area contributed by atoms with E-state index in [0.29, 0.717) is 12.7 Å². The molecule has 0 spiro atoms. The average Bonchev–Trinajstić information content (AvgIpc) is 2.25. The standard InChI is InChI=1S/C9H15N3O4/c1-11(3-4-13)9(16)6-12(2)8(15)5-10-7-14/h4,7H,3,5-6H2,1-2H3,(H,10,14). The van der Waals surface area contributed by atoms with Gasteiger partial charge < -0.3 is 19.9 Å². The monoisotopic (exact) mass is 229 g/mol. The zero-order valence-corrected chi connectivity index (χ0v) is 9.30. The first kappa shape index (κ1) is 14.1. The van der Waals surface area contributed by atoms with Gasteiger partial charge in [0, 0.05) is 14.1 Å². The van der Waals surface area contributed by atoms with Crippen molar-refractivity contribution in [3.05, 3.63) is 0 Å². The van der Waals surface area contributed by atoms with Crippen LogP contribution in [0, 0.1) is 0 Å². The minimum absolute atomic E-state index is 0.00650. The smallest absolute Gasteiger partial charge is 0.242 e. The third-order valence-electron chi connectivity index (χ3n) is 1.91. The maximum Gasteiger partial charge on any atom is 0.242 e. The summed E-state index contributed by atoms with van der Waals surface area (Å²) in [5.74, 6) is -0.714. The van der Waals surface area contributed by atoms with E-state index in [1.807, 2.05) is 0 Å². The number of nitrogens with one attached hydrogen (secondary N) is 1. The summed E-state index contributed by atoms with van der Waals surface area (Å²) in [6.07, 6.45) is 1.01. The van der Waals surface area contributed by atoms with Gasteiger partial charge in [-0.3, -0.25) is 14.4 Å². The van der Waals surface area contributed by atoms with Gasteiger partial charge >= 0.3 is 0 Å². The maximum atomic E-state index is 11.4. The van der Waals surface area contributed by atoms with Crippen molar-refractivity contribution in [3.8, 4) is 0 Å². The van der Waals surface area contributed by atoms with E-state index in [0.717, 1.165) is 0 Å². The molecule has 0 aromatic rings. The number of hydrogen-bond acceptors (Lipinski definition) is 4. The Hall–Kier alpha value is -1.92. The van der Waals surface area contributed by atoms with Crippen LogP contribution in [0.25, 0.3) is 0 Å². The van der Waals surface area contributed by atoms with Crippen LogP contribution in [0.4, 0.5) is 0 Å². The highest BCUT2D eigenvalue weighted by Gasteiger charge is 2.14. The fraction of sp³-hybridized carbons (Fsp3) is 0.556. The molecule has 0 rings (SSSR count). The Kier molecular flexibility index (Phi) is 6.50. The largest absolute Gasteiger partial charge is 0.350 e. The highest BCUT2D eigenvalue weighted by Crippen LogP contribution is 1.89. The Morgan fingerprint density at radius 1 is 1.12 bits per heavy atom. The van der Waals surface area contributed by atoms with E-state index in [4.69, 9.17) is 0 Å². The summed E-state index contributed by atoms with van der Waals surface area (Å²) in [5, 5.41) is 2.20. The zero-order valence-electron chi connectivity index (χ0n) is 9.30. The van der Waals surface area contributed by atoms with Gasteiger partial charge in [-0.15, -0.1) is 0 Å². The number of hydrogen-bond donors (Lipinski definition) is 1. The number of aldehydes is 1. The summed E-state index contributed by atoms with van der Waals surface area (Å²) in [4.78, 5) is 45.2. The van der Waals surface area contributed by atoms with Crippen molar-refractivity contribution in [3.63, 3.8) is 0 Å². The Bertz CT molecular complexity index is 280. The molecular formula is C9H15N3O4. The zero-order chi connectivity index (χ0) is 12.6. The molecule has 0 heterocycles. The fourth-order valence-electron chi connectivity index (χ4n) is 0.889. The number of likely N-dealkylation sites (N-methyl/N-ethyl adjacent to an activating group) is 2. The molecule has 0 aromatic carbocycles. The molecule has 90 valence electrons. The molecule has 7 nitrogen and oxygen atoms in total. The molecular weight excluding hydrogens is 214 g/mol. The van der Waals surface area contributed by atoms with Crippen LogP contribution in [0.5, 0.6) is 0 Å². The van der Waals surface area contributed by atoms with E-state index in [9.17, 15) is 19.2 Å². The molecule has 1 N–H and O–H groups in total. The van der Waals surface area contributed by atoms with Gasteiger partial charge in [-0.2, -0.15) is 0 Å². The van der Waals surface area contributed by atoms with Crippen molar-refractivity contribution in [2.75, 3.05) is 33.7 Å². The number of carbonyl (C=O) groups excluding carboxylic acids is 4. The van der Waals surface area contributed by atoms with Gasteiger partial charge in [-0.05, 0) is 0 Å². The molecule has 16 heavy (non-hydrogen) atoms. The lowest BCUT2D eigenvalue weighted by Crippen LogP contribution is -2.42. The van der Waals surface area contributed by atoms with Gasteiger partial charge in [0.15, 0.2) is 0 Å². The molecule has 0 radical (unpaired) electrons. The molecule has 7 heteroatoms. The van der Waals surface area contributed by atoms with Gasteiger partial charge in [0.05, 0.1) is 19.6 Å². The highest BCUT2D eigenvalue weighted by molar-refractivity contribution is 5.86. The first-order valence-electron chi connectivity index (χ1n) is 4.61. The molecule has 0 bridgehead atoms. The van der Waals surface area contributed by atoms with Crippen molar-refractivity contribution < 1.29 is 19.2 Å². The van der Waals surface area contributed by atoms with Crippen LogP contribution in [0.2, 0.25) is 0 Å². The number of carbonyl (C=O) groups is 4. The van der Waals surface area contributed by atoms with Crippen LogP contribution < -0.4 is 5.32 Å². The highest BCUT2D eigenvalue weighted by atomic mass is 16.2. The topological polar surface area (TPSA) is 86.8 Å². The summed E-state index contributed by atoms with van der Waals surface area (Å²) < 4.78 is 0. The Morgan fingerprint density at radius 2 is 1.75 bits per heavy atom. The molecule has 0 saturated carbocycles. The molecule has 0 aliphatic heterocycles. The van der Waals surface area contributed by atoms with Gasteiger partial charge in [0.1, 0.15) is 6.29 Å². The predicted molar refractivity (Wildman–Crippen MR) is 55.4 cm³/mol. The average molecular weight is 229 g/mol. The molecule has 3 amide bonds. The van der Waals surface area contributed by atoms with E-state index in [1.54, 1.807) is 0 Å². The quantitative estimate of drug-likeness (QED) is 0.504. The summed E-state index contributed by atoms with van der Waals surface area (Å²) in [5.41, 5.74) is 0. The maximum absolute atomic E-state index is 11.4. The SMILES string of the molecule is CN(CC=O)C(=O)CN(C)C(=O)CNC=O. The van der Waals surface area contributed by atoms with Crippen LogP contribution in [-0.4, -0.2) is 68.0 Å². The van der Waals surface area contributed by atoms with E-state index in [1.165, 1.54) is 23.9 Å². The molecule has 0 aliphatic rings. The van der Waals surface area contributed by atoms with Crippen molar-refractivity contribution >= 4 is 24.5 Å². The lowest BCUT2D eigenvalue weighted by atomic mass is 10.4. The molecule has 0 unspecified atom stereocenters. The first-order valence-corrected chi connectivity index (χ1v) is 4.61. The Morgan fingerprint density at radius 3 is 2.25 bits per heavy atom. The Balaban J connectivity index is 4.06. The molecule has 0 aromatic heterocycles. The van der Waals surface area contributed by atoms with Crippen molar-refractivity contribution in [2.45, 2.75) is 0 Å². The first-order chi connectivity index (χ1) is 7.52. The van der Waals surface area contributed by atoms with Crippen LogP contribution in [0.3, 0.4) is 0 Å². The van der Waals surface area contributed by atoms with Crippen LogP contribution in [-0.2, 0) is 19.2 Å². The third kappa shape index (κ3) is 5.08. The van der Waals surface area contributed by atoms with Gasteiger partial charge in [-0.25, -0.2) is 0 Å². The summed E-state index contributed by atoms with van der Waals surface area (Å²) in [7, 11) is 2.92. The normalized spacial score (nSPS) is 9.12. The molecule has 0 atom stereocenters. The predicted octanol–water partition coefficient (Wildman–Crippen LogP) is -2.15. The minimum Gasteiger partial charge on any atom is -0.350 e. The number of rotatable bonds is 7. The van der Waals surface area contributed by atoms with Crippen molar-refractivity contribution in [1.29, 1.82) is 0 Å². The minimum atomic E-state index is -0.375. The van der Waals surface area contributed by atoms with Gasteiger partial charge in [0.2, 0.25) is 18.2 Å². The Labute approximate surface area is 93.4 Å². The lowest BCUT2D eigenvalue weighted by molar-refractivity contribution is -0.138. The van der Waals surface area contributed by atoms with E-state index >= 15 is 0 Å². The second-order valence-electron chi connectivity index (χ2n) is 3.19. The van der Waals surface area contributed by atoms with E-state index in [-0.39, 0.29) is 31.4 Å². The summed E-state index contributed by atoms with van der Waals surface area (Å²) in [6.45, 7) is -0.276. The fourth-order valence-corrected chi connectivity index (χ4v) is 0.889. The second kappa shape index (κ2) is 7.38. The lowest BCUT2D eigenvalue weighted by Gasteiger charge is -2.20. The van der Waals surface area contributed by atoms with Crippen LogP contribution in [0.15, 0.2) is 0 Å². The van der Waals surface area contributed by atoms with E-state index < -0.39 is 0 Å². The van der Waals surface area contributed by atoms with Crippen LogP contribution >= 0.6 is 0 Å². The van der Waals surface area contributed by atoms with Gasteiger partial charge in [-0.1, -0.05) is 0 Å². The summed E-state index contributed by atoms with van der Waals surface area (Å²) in [6, 6.07) is 0. The molecule has 0 fully saturated rings. The number of amides is 3. The molecule has 0 saturated heterocycles.